The number of aromatic nitrogens is 2. The van der Waals surface area contributed by atoms with Gasteiger partial charge in [-0.05, 0) is 24.0 Å². The van der Waals surface area contributed by atoms with Crippen molar-refractivity contribution in [1.29, 1.82) is 0 Å². The van der Waals surface area contributed by atoms with Gasteiger partial charge in [0, 0.05) is 25.0 Å². The number of hydrogen-bond donors (Lipinski definition) is 0. The molecule has 0 fully saturated rings. The van der Waals surface area contributed by atoms with Gasteiger partial charge < -0.3 is 4.57 Å². The molecule has 2 heteroatoms. The molecule has 0 saturated heterocycles. The topological polar surface area (TPSA) is 17.8 Å². The second-order valence-corrected chi connectivity index (χ2v) is 4.57. The molecule has 0 radical (unpaired) electrons. The van der Waals surface area contributed by atoms with Gasteiger partial charge in [-0.1, -0.05) is 36.8 Å². The van der Waals surface area contributed by atoms with Crippen LogP contribution in [0.25, 0.3) is 17.5 Å². The maximum atomic E-state index is 4.45. The molecule has 0 saturated carbocycles. The standard InChI is InChI=1S/C15H16N2/c1-3-11-9-12-5-4-6-13(14(12)10-11)15-16-7-8-17(15)2/h4-8,10H,3,9H2,1-2H3. The zero-order valence-corrected chi connectivity index (χ0v) is 10.3. The second-order valence-electron chi connectivity index (χ2n) is 4.57. The summed E-state index contributed by atoms with van der Waals surface area (Å²) in [6.45, 7) is 2.22. The van der Waals surface area contributed by atoms with Crippen LogP contribution in [-0.2, 0) is 13.5 Å². The van der Waals surface area contributed by atoms with E-state index >= 15 is 0 Å². The molecule has 0 aliphatic heterocycles. The predicted octanol–water partition coefficient (Wildman–Crippen LogP) is 3.44. The summed E-state index contributed by atoms with van der Waals surface area (Å²) in [5, 5.41) is 0. The van der Waals surface area contributed by atoms with Crippen molar-refractivity contribution >= 4 is 6.08 Å². The van der Waals surface area contributed by atoms with E-state index in [1.165, 1.54) is 22.3 Å². The third-order valence-corrected chi connectivity index (χ3v) is 3.48. The Labute approximate surface area is 102 Å². The third-order valence-electron chi connectivity index (χ3n) is 3.48. The fourth-order valence-electron chi connectivity index (χ4n) is 2.48. The number of nitrogens with zero attached hydrogens (tertiary/aromatic N) is 2. The van der Waals surface area contributed by atoms with E-state index in [1.807, 2.05) is 19.4 Å². The molecule has 1 aromatic carbocycles. The summed E-state index contributed by atoms with van der Waals surface area (Å²) in [7, 11) is 2.04. The molecular formula is C15H16N2. The van der Waals surface area contributed by atoms with Crippen LogP contribution in [0.5, 0.6) is 0 Å². The molecule has 0 atom stereocenters. The number of imidazole rings is 1. The minimum absolute atomic E-state index is 1.05. The van der Waals surface area contributed by atoms with E-state index < -0.39 is 0 Å². The van der Waals surface area contributed by atoms with E-state index in [-0.39, 0.29) is 0 Å². The molecule has 1 aliphatic carbocycles. The van der Waals surface area contributed by atoms with Crippen LogP contribution in [-0.4, -0.2) is 9.55 Å². The summed E-state index contributed by atoms with van der Waals surface area (Å²) in [5.74, 6) is 1.05. The van der Waals surface area contributed by atoms with Gasteiger partial charge in [0.25, 0.3) is 0 Å². The van der Waals surface area contributed by atoms with Crippen LogP contribution >= 0.6 is 0 Å². The van der Waals surface area contributed by atoms with Crippen molar-refractivity contribution in [3.8, 4) is 11.4 Å². The van der Waals surface area contributed by atoms with Gasteiger partial charge in [-0.3, -0.25) is 0 Å². The quantitative estimate of drug-likeness (QED) is 0.764. The second kappa shape index (κ2) is 3.88. The molecule has 0 amide bonds. The molecule has 1 heterocycles. The molecule has 2 nitrogen and oxygen atoms in total. The first-order chi connectivity index (χ1) is 8.29. The Morgan fingerprint density at radius 2 is 2.24 bits per heavy atom. The van der Waals surface area contributed by atoms with Gasteiger partial charge in [-0.2, -0.15) is 0 Å². The Balaban J connectivity index is 2.18. The van der Waals surface area contributed by atoms with Crippen LogP contribution in [0.3, 0.4) is 0 Å². The van der Waals surface area contributed by atoms with E-state index in [0.717, 1.165) is 18.7 Å². The number of hydrogen-bond acceptors (Lipinski definition) is 1. The third kappa shape index (κ3) is 1.60. The zero-order chi connectivity index (χ0) is 11.8. The van der Waals surface area contributed by atoms with Gasteiger partial charge in [-0.15, -0.1) is 0 Å². The summed E-state index contributed by atoms with van der Waals surface area (Å²) in [5.41, 5.74) is 5.56. The van der Waals surface area contributed by atoms with Gasteiger partial charge in [0.1, 0.15) is 5.82 Å². The van der Waals surface area contributed by atoms with Gasteiger partial charge in [0.15, 0.2) is 0 Å². The highest BCUT2D eigenvalue weighted by Gasteiger charge is 2.17. The van der Waals surface area contributed by atoms with E-state index in [4.69, 9.17) is 0 Å². The van der Waals surface area contributed by atoms with Crippen molar-refractivity contribution in [3.63, 3.8) is 0 Å². The molecule has 0 spiro atoms. The van der Waals surface area contributed by atoms with Crippen molar-refractivity contribution in [3.05, 3.63) is 47.3 Å². The van der Waals surface area contributed by atoms with E-state index in [1.54, 1.807) is 0 Å². The van der Waals surface area contributed by atoms with Crippen LogP contribution in [0.15, 0.2) is 36.2 Å². The molecule has 2 aromatic rings. The number of aryl methyl sites for hydroxylation is 1. The van der Waals surface area contributed by atoms with Gasteiger partial charge in [-0.25, -0.2) is 4.98 Å². The number of allylic oxidation sites excluding steroid dienone is 1. The van der Waals surface area contributed by atoms with Crippen LogP contribution in [0.4, 0.5) is 0 Å². The van der Waals surface area contributed by atoms with Crippen molar-refractivity contribution in [2.24, 2.45) is 7.05 Å². The van der Waals surface area contributed by atoms with Gasteiger partial charge >= 0.3 is 0 Å². The molecule has 17 heavy (non-hydrogen) atoms. The Bertz CT molecular complexity index is 591. The Hall–Kier alpha value is -1.83. The average molecular weight is 224 g/mol. The van der Waals surface area contributed by atoms with E-state index in [9.17, 15) is 0 Å². The zero-order valence-electron chi connectivity index (χ0n) is 10.3. The maximum Gasteiger partial charge on any atom is 0.140 e. The van der Waals surface area contributed by atoms with Crippen molar-refractivity contribution in [2.45, 2.75) is 19.8 Å². The Morgan fingerprint density at radius 3 is 2.94 bits per heavy atom. The maximum absolute atomic E-state index is 4.45. The average Bonchev–Trinajstić information content (AvgIpc) is 2.93. The van der Waals surface area contributed by atoms with Crippen molar-refractivity contribution < 1.29 is 0 Å². The molecule has 1 aliphatic rings. The fourth-order valence-corrected chi connectivity index (χ4v) is 2.48. The van der Waals surface area contributed by atoms with Crippen LogP contribution < -0.4 is 0 Å². The largest absolute Gasteiger partial charge is 0.334 e. The molecule has 0 N–H and O–H groups in total. The lowest BCUT2D eigenvalue weighted by molar-refractivity contribution is 0.924. The van der Waals surface area contributed by atoms with Gasteiger partial charge in [0.05, 0.1) is 0 Å². The lowest BCUT2D eigenvalue weighted by atomic mass is 10.0. The smallest absolute Gasteiger partial charge is 0.140 e. The predicted molar refractivity (Wildman–Crippen MR) is 70.6 cm³/mol. The molecule has 1 aromatic heterocycles. The highest BCUT2D eigenvalue weighted by molar-refractivity contribution is 5.78. The Morgan fingerprint density at radius 1 is 1.35 bits per heavy atom. The number of rotatable bonds is 2. The first-order valence-electron chi connectivity index (χ1n) is 6.08. The van der Waals surface area contributed by atoms with Crippen molar-refractivity contribution in [1.82, 2.24) is 9.55 Å². The SMILES string of the molecule is CCC1=Cc2c(cccc2-c2nccn2C)C1. The van der Waals surface area contributed by atoms with E-state index in [0.29, 0.717) is 0 Å². The van der Waals surface area contributed by atoms with Crippen molar-refractivity contribution in [2.75, 3.05) is 0 Å². The summed E-state index contributed by atoms with van der Waals surface area (Å²) >= 11 is 0. The summed E-state index contributed by atoms with van der Waals surface area (Å²) in [6, 6.07) is 6.52. The minimum Gasteiger partial charge on any atom is -0.334 e. The highest BCUT2D eigenvalue weighted by Crippen LogP contribution is 2.33. The van der Waals surface area contributed by atoms with Gasteiger partial charge in [0.2, 0.25) is 0 Å². The molecular weight excluding hydrogens is 208 g/mol. The lowest BCUT2D eigenvalue weighted by Crippen LogP contribution is -1.94. The summed E-state index contributed by atoms with van der Waals surface area (Å²) in [4.78, 5) is 4.45. The summed E-state index contributed by atoms with van der Waals surface area (Å²) in [6.07, 6.45) is 8.42. The highest BCUT2D eigenvalue weighted by atomic mass is 15.0. The molecule has 3 rings (SSSR count). The minimum atomic E-state index is 1.05. The van der Waals surface area contributed by atoms with Crippen LogP contribution in [0.2, 0.25) is 0 Å². The normalized spacial score (nSPS) is 13.6. The molecule has 0 bridgehead atoms. The first kappa shape index (κ1) is 10.3. The summed E-state index contributed by atoms with van der Waals surface area (Å²) < 4.78 is 2.08. The fraction of sp³-hybridized carbons (Fsp3) is 0.267. The molecule has 86 valence electrons. The van der Waals surface area contributed by atoms with Crippen LogP contribution in [0.1, 0.15) is 24.5 Å². The van der Waals surface area contributed by atoms with Crippen LogP contribution in [0, 0.1) is 0 Å². The number of benzene rings is 1. The monoisotopic (exact) mass is 224 g/mol. The van der Waals surface area contributed by atoms with E-state index in [2.05, 4.69) is 40.7 Å². The Kier molecular flexibility index (Phi) is 2.36. The molecule has 0 unspecified atom stereocenters. The lowest BCUT2D eigenvalue weighted by Gasteiger charge is -2.07. The first-order valence-corrected chi connectivity index (χ1v) is 6.08. The number of fused-ring (bicyclic) bond motifs is 1.